The molecule has 0 amide bonds. The van der Waals surface area contributed by atoms with Crippen LogP contribution in [0.1, 0.15) is 32.6 Å². The molecule has 0 spiro atoms. The zero-order valence-corrected chi connectivity index (χ0v) is 16.2. The molecule has 0 saturated carbocycles. The molecule has 4 rings (SSSR count). The predicted octanol–water partition coefficient (Wildman–Crippen LogP) is 6.05. The van der Waals surface area contributed by atoms with Crippen LogP contribution >= 0.6 is 0 Å². The van der Waals surface area contributed by atoms with Gasteiger partial charge in [0.25, 0.3) is 0 Å². The van der Waals surface area contributed by atoms with Crippen molar-refractivity contribution in [3.8, 4) is 22.8 Å². The highest BCUT2D eigenvalue weighted by Gasteiger charge is 2.15. The number of unbranched alkanes of at least 4 members (excludes halogenated alkanes) is 3. The van der Waals surface area contributed by atoms with Crippen molar-refractivity contribution in [3.05, 3.63) is 73.1 Å². The van der Waals surface area contributed by atoms with Crippen LogP contribution in [-0.2, 0) is 0 Å². The SMILES string of the molecule is CCCCCCOc1ccc2nc(-c3ccncc3)n(-c3ccccc3)c2c1. The molecule has 0 aliphatic heterocycles. The molecule has 142 valence electrons. The number of rotatable bonds is 8. The van der Waals surface area contributed by atoms with Crippen LogP contribution in [-0.4, -0.2) is 21.1 Å². The molecule has 2 heterocycles. The summed E-state index contributed by atoms with van der Waals surface area (Å²) in [7, 11) is 0. The third kappa shape index (κ3) is 3.91. The zero-order valence-electron chi connectivity index (χ0n) is 16.2. The molecular formula is C24H25N3O. The maximum absolute atomic E-state index is 6.02. The van der Waals surface area contributed by atoms with Crippen LogP contribution < -0.4 is 4.74 Å². The lowest BCUT2D eigenvalue weighted by Crippen LogP contribution is -1.99. The minimum Gasteiger partial charge on any atom is -0.494 e. The van der Waals surface area contributed by atoms with Gasteiger partial charge in [0.1, 0.15) is 11.6 Å². The number of hydrogen-bond acceptors (Lipinski definition) is 3. The summed E-state index contributed by atoms with van der Waals surface area (Å²) < 4.78 is 8.20. The Kier molecular flexibility index (Phi) is 5.66. The monoisotopic (exact) mass is 371 g/mol. The van der Waals surface area contributed by atoms with Crippen LogP contribution in [0.25, 0.3) is 28.1 Å². The Morgan fingerprint density at radius 3 is 2.50 bits per heavy atom. The van der Waals surface area contributed by atoms with Gasteiger partial charge in [-0.2, -0.15) is 0 Å². The van der Waals surface area contributed by atoms with E-state index in [4.69, 9.17) is 9.72 Å². The summed E-state index contributed by atoms with van der Waals surface area (Å²) in [5, 5.41) is 0. The Morgan fingerprint density at radius 1 is 0.893 bits per heavy atom. The van der Waals surface area contributed by atoms with E-state index in [0.717, 1.165) is 46.9 Å². The summed E-state index contributed by atoms with van der Waals surface area (Å²) in [4.78, 5) is 9.04. The first-order valence-electron chi connectivity index (χ1n) is 9.98. The van der Waals surface area contributed by atoms with E-state index in [9.17, 15) is 0 Å². The Morgan fingerprint density at radius 2 is 1.71 bits per heavy atom. The largest absolute Gasteiger partial charge is 0.494 e. The molecule has 4 aromatic rings. The maximum atomic E-state index is 6.02. The Balaban J connectivity index is 1.73. The van der Waals surface area contributed by atoms with Gasteiger partial charge < -0.3 is 4.74 Å². The van der Waals surface area contributed by atoms with Gasteiger partial charge in [0, 0.05) is 29.7 Å². The molecule has 0 saturated heterocycles. The maximum Gasteiger partial charge on any atom is 0.145 e. The minimum absolute atomic E-state index is 0.752. The Bertz CT molecular complexity index is 1030. The summed E-state index contributed by atoms with van der Waals surface area (Å²) in [6, 6.07) is 20.5. The van der Waals surface area contributed by atoms with Crippen LogP contribution in [0.15, 0.2) is 73.1 Å². The molecule has 4 heteroatoms. The van der Waals surface area contributed by atoms with Gasteiger partial charge in [-0.05, 0) is 42.8 Å². The van der Waals surface area contributed by atoms with E-state index in [2.05, 4.69) is 34.7 Å². The zero-order chi connectivity index (χ0) is 19.2. The molecule has 4 nitrogen and oxygen atoms in total. The highest BCUT2D eigenvalue weighted by molar-refractivity contribution is 5.84. The van der Waals surface area contributed by atoms with Gasteiger partial charge >= 0.3 is 0 Å². The molecule has 2 aromatic heterocycles. The molecule has 0 atom stereocenters. The van der Waals surface area contributed by atoms with Crippen LogP contribution in [0.5, 0.6) is 5.75 Å². The summed E-state index contributed by atoms with van der Waals surface area (Å²) in [5.74, 6) is 1.80. The first kappa shape index (κ1) is 18.2. The Hall–Kier alpha value is -3.14. The third-order valence-electron chi connectivity index (χ3n) is 4.85. The second kappa shape index (κ2) is 8.70. The van der Waals surface area contributed by atoms with Gasteiger partial charge in [0.2, 0.25) is 0 Å². The normalized spacial score (nSPS) is 11.0. The van der Waals surface area contributed by atoms with Crippen molar-refractivity contribution in [3.63, 3.8) is 0 Å². The fraction of sp³-hybridized carbons (Fsp3) is 0.250. The quantitative estimate of drug-likeness (QED) is 0.354. The molecule has 0 aliphatic carbocycles. The molecule has 2 aromatic carbocycles. The van der Waals surface area contributed by atoms with Crippen molar-refractivity contribution in [1.82, 2.24) is 14.5 Å². The fourth-order valence-corrected chi connectivity index (χ4v) is 3.40. The van der Waals surface area contributed by atoms with Crippen molar-refractivity contribution in [2.75, 3.05) is 6.61 Å². The second-order valence-corrected chi connectivity index (χ2v) is 6.90. The van der Waals surface area contributed by atoms with E-state index in [0.29, 0.717) is 0 Å². The van der Waals surface area contributed by atoms with E-state index in [1.807, 2.05) is 42.5 Å². The van der Waals surface area contributed by atoms with Crippen LogP contribution in [0.3, 0.4) is 0 Å². The van der Waals surface area contributed by atoms with Crippen molar-refractivity contribution in [2.24, 2.45) is 0 Å². The van der Waals surface area contributed by atoms with Crippen molar-refractivity contribution in [1.29, 1.82) is 0 Å². The van der Waals surface area contributed by atoms with E-state index in [-0.39, 0.29) is 0 Å². The first-order valence-corrected chi connectivity index (χ1v) is 9.98. The number of hydrogen-bond donors (Lipinski definition) is 0. The van der Waals surface area contributed by atoms with Crippen molar-refractivity contribution >= 4 is 11.0 Å². The first-order chi connectivity index (χ1) is 13.9. The molecule has 0 N–H and O–H groups in total. The third-order valence-corrected chi connectivity index (χ3v) is 4.85. The van der Waals surface area contributed by atoms with Gasteiger partial charge in [-0.15, -0.1) is 0 Å². The summed E-state index contributed by atoms with van der Waals surface area (Å²) in [5.41, 5.74) is 4.12. The standard InChI is InChI=1S/C24H25N3O/c1-2-3-4-8-17-28-21-11-12-22-23(18-21)27(20-9-6-5-7-10-20)24(26-22)19-13-15-25-16-14-19/h5-7,9-16,18H,2-4,8,17H2,1H3. The average molecular weight is 371 g/mol. The second-order valence-electron chi connectivity index (χ2n) is 6.90. The molecule has 0 fully saturated rings. The molecule has 0 radical (unpaired) electrons. The smallest absolute Gasteiger partial charge is 0.145 e. The summed E-state index contributed by atoms with van der Waals surface area (Å²) in [6.45, 7) is 2.97. The van der Waals surface area contributed by atoms with Crippen molar-refractivity contribution in [2.45, 2.75) is 32.6 Å². The molecule has 0 aliphatic rings. The minimum atomic E-state index is 0.752. The van der Waals surface area contributed by atoms with Gasteiger partial charge in [0.05, 0.1) is 17.6 Å². The molecular weight excluding hydrogens is 346 g/mol. The van der Waals surface area contributed by atoms with Gasteiger partial charge in [-0.25, -0.2) is 4.98 Å². The molecule has 28 heavy (non-hydrogen) atoms. The highest BCUT2D eigenvalue weighted by Crippen LogP contribution is 2.30. The van der Waals surface area contributed by atoms with Crippen LogP contribution in [0.4, 0.5) is 0 Å². The molecule has 0 bridgehead atoms. The number of aromatic nitrogens is 3. The number of benzene rings is 2. The fourth-order valence-electron chi connectivity index (χ4n) is 3.40. The van der Waals surface area contributed by atoms with E-state index >= 15 is 0 Å². The topological polar surface area (TPSA) is 39.9 Å². The lowest BCUT2D eigenvalue weighted by molar-refractivity contribution is 0.305. The number of fused-ring (bicyclic) bond motifs is 1. The molecule has 0 unspecified atom stereocenters. The average Bonchev–Trinajstić information content (AvgIpc) is 3.14. The van der Waals surface area contributed by atoms with Gasteiger partial charge in [-0.3, -0.25) is 9.55 Å². The number of ether oxygens (including phenoxy) is 1. The lowest BCUT2D eigenvalue weighted by atomic mass is 10.2. The number of para-hydroxylation sites is 1. The van der Waals surface area contributed by atoms with Crippen LogP contribution in [0, 0.1) is 0 Å². The predicted molar refractivity (Wildman–Crippen MR) is 114 cm³/mol. The van der Waals surface area contributed by atoms with Crippen molar-refractivity contribution < 1.29 is 4.74 Å². The van der Waals surface area contributed by atoms with Gasteiger partial charge in [0.15, 0.2) is 0 Å². The summed E-state index contributed by atoms with van der Waals surface area (Å²) in [6.07, 6.45) is 8.40. The summed E-state index contributed by atoms with van der Waals surface area (Å²) >= 11 is 0. The highest BCUT2D eigenvalue weighted by atomic mass is 16.5. The van der Waals surface area contributed by atoms with E-state index in [1.54, 1.807) is 12.4 Å². The van der Waals surface area contributed by atoms with E-state index in [1.165, 1.54) is 19.3 Å². The number of pyridine rings is 1. The lowest BCUT2D eigenvalue weighted by Gasteiger charge is -2.10. The number of imidazole rings is 1. The van der Waals surface area contributed by atoms with E-state index < -0.39 is 0 Å². The Labute approximate surface area is 165 Å². The van der Waals surface area contributed by atoms with Crippen LogP contribution in [0.2, 0.25) is 0 Å². The number of nitrogens with zero attached hydrogens (tertiary/aromatic N) is 3. The van der Waals surface area contributed by atoms with Gasteiger partial charge in [-0.1, -0.05) is 44.4 Å².